The smallest absolute Gasteiger partial charge is 0.261 e. The molecule has 1 heterocycles. The Hall–Kier alpha value is -3.60. The molecule has 0 bridgehead atoms. The minimum Gasteiger partial charge on any atom is -0.497 e. The summed E-state index contributed by atoms with van der Waals surface area (Å²) in [4.78, 5) is 18.2. The van der Waals surface area contributed by atoms with E-state index in [9.17, 15) is 4.79 Å². The molecule has 1 aromatic heterocycles. The standard InChI is InChI=1S/C29H32N2O3/c1-20-10-8-12-24(29(2,3)4)26(20)34-19-9-18-31-27(21-14-16-22(33-5)17-15-21)30-25-13-7-6-11-23(25)28(31)32/h6-8,10-17H,9,18-19H2,1-5H3. The van der Waals surface area contributed by atoms with Crippen LogP contribution in [0.2, 0.25) is 0 Å². The quantitative estimate of drug-likeness (QED) is 0.313. The van der Waals surface area contributed by atoms with Crippen LogP contribution >= 0.6 is 0 Å². The van der Waals surface area contributed by atoms with Crippen LogP contribution in [0.15, 0.2) is 71.5 Å². The average molecular weight is 457 g/mol. The van der Waals surface area contributed by atoms with E-state index in [-0.39, 0.29) is 11.0 Å². The Kier molecular flexibility index (Phi) is 6.73. The summed E-state index contributed by atoms with van der Waals surface area (Å²) in [6.07, 6.45) is 0.682. The van der Waals surface area contributed by atoms with Crippen LogP contribution < -0.4 is 15.0 Å². The molecular formula is C29H32N2O3. The molecule has 4 rings (SSSR count). The van der Waals surface area contributed by atoms with Crippen molar-refractivity contribution in [2.24, 2.45) is 0 Å². The molecule has 0 N–H and O–H groups in total. The van der Waals surface area contributed by atoms with Crippen molar-refractivity contribution in [1.82, 2.24) is 9.55 Å². The van der Waals surface area contributed by atoms with Crippen LogP contribution in [-0.4, -0.2) is 23.3 Å². The predicted octanol–water partition coefficient (Wildman–Crippen LogP) is 6.15. The number of fused-ring (bicyclic) bond motifs is 1. The number of para-hydroxylation sites is 2. The van der Waals surface area contributed by atoms with Gasteiger partial charge in [0.05, 0.1) is 24.6 Å². The SMILES string of the molecule is COc1ccc(-c2nc3ccccc3c(=O)n2CCCOc2c(C)cccc2C(C)(C)C)cc1. The minimum absolute atomic E-state index is 0.0118. The number of aromatic nitrogens is 2. The molecule has 5 nitrogen and oxygen atoms in total. The number of benzene rings is 3. The zero-order valence-corrected chi connectivity index (χ0v) is 20.6. The second-order valence-electron chi connectivity index (χ2n) is 9.54. The summed E-state index contributed by atoms with van der Waals surface area (Å²) in [7, 11) is 1.64. The molecule has 0 radical (unpaired) electrons. The largest absolute Gasteiger partial charge is 0.497 e. The van der Waals surface area contributed by atoms with Crippen molar-refractivity contribution in [3.8, 4) is 22.9 Å². The van der Waals surface area contributed by atoms with Crippen molar-refractivity contribution in [3.63, 3.8) is 0 Å². The number of nitrogens with zero attached hydrogens (tertiary/aromatic N) is 2. The van der Waals surface area contributed by atoms with Crippen molar-refractivity contribution < 1.29 is 9.47 Å². The summed E-state index contributed by atoms with van der Waals surface area (Å²) in [6, 6.07) is 21.4. The number of rotatable bonds is 7. The average Bonchev–Trinajstić information content (AvgIpc) is 2.83. The number of hydrogen-bond donors (Lipinski definition) is 0. The van der Waals surface area contributed by atoms with E-state index in [1.54, 1.807) is 11.7 Å². The van der Waals surface area contributed by atoms with E-state index in [0.29, 0.717) is 36.3 Å². The van der Waals surface area contributed by atoms with Gasteiger partial charge in [-0.25, -0.2) is 4.98 Å². The maximum Gasteiger partial charge on any atom is 0.261 e. The summed E-state index contributed by atoms with van der Waals surface area (Å²) in [6.45, 7) is 9.66. The topological polar surface area (TPSA) is 53.3 Å². The van der Waals surface area contributed by atoms with Gasteiger partial charge in [0.15, 0.2) is 0 Å². The fourth-order valence-electron chi connectivity index (χ4n) is 4.17. The number of aryl methyl sites for hydroxylation is 1. The molecule has 0 aliphatic rings. The van der Waals surface area contributed by atoms with Gasteiger partial charge in [-0.1, -0.05) is 51.1 Å². The molecule has 0 saturated heterocycles. The second kappa shape index (κ2) is 9.72. The molecule has 3 aromatic carbocycles. The Balaban J connectivity index is 1.62. The van der Waals surface area contributed by atoms with Crippen LogP contribution in [0, 0.1) is 6.92 Å². The molecule has 5 heteroatoms. The molecule has 0 saturated carbocycles. The molecule has 0 aliphatic heterocycles. The van der Waals surface area contributed by atoms with Gasteiger partial charge >= 0.3 is 0 Å². The molecular weight excluding hydrogens is 424 g/mol. The van der Waals surface area contributed by atoms with E-state index in [4.69, 9.17) is 14.5 Å². The van der Waals surface area contributed by atoms with Crippen molar-refractivity contribution in [3.05, 3.63) is 88.2 Å². The maximum atomic E-state index is 13.4. The van der Waals surface area contributed by atoms with Crippen LogP contribution in [0.3, 0.4) is 0 Å². The molecule has 176 valence electrons. The van der Waals surface area contributed by atoms with E-state index in [1.807, 2.05) is 48.5 Å². The first kappa shape index (κ1) is 23.6. The third-order valence-electron chi connectivity index (χ3n) is 6.00. The van der Waals surface area contributed by atoms with E-state index >= 15 is 0 Å². The van der Waals surface area contributed by atoms with Crippen molar-refractivity contribution in [2.75, 3.05) is 13.7 Å². The number of hydrogen-bond acceptors (Lipinski definition) is 4. The Labute approximate surface area is 201 Å². The van der Waals surface area contributed by atoms with Crippen LogP contribution in [0.4, 0.5) is 0 Å². The van der Waals surface area contributed by atoms with Gasteiger partial charge < -0.3 is 9.47 Å². The maximum absolute atomic E-state index is 13.4. The highest BCUT2D eigenvalue weighted by Gasteiger charge is 2.20. The fraction of sp³-hybridized carbons (Fsp3) is 0.310. The molecule has 4 aromatic rings. The molecule has 0 spiro atoms. The second-order valence-corrected chi connectivity index (χ2v) is 9.54. The molecule has 0 amide bonds. The Morgan fingerprint density at radius 2 is 1.68 bits per heavy atom. The lowest BCUT2D eigenvalue weighted by Gasteiger charge is -2.24. The normalized spacial score (nSPS) is 11.6. The van der Waals surface area contributed by atoms with Gasteiger partial charge in [-0.15, -0.1) is 0 Å². The minimum atomic E-state index is -0.0392. The zero-order valence-electron chi connectivity index (χ0n) is 20.6. The summed E-state index contributed by atoms with van der Waals surface area (Å²) in [5.41, 5.74) is 3.83. The monoisotopic (exact) mass is 456 g/mol. The van der Waals surface area contributed by atoms with Gasteiger partial charge in [0.25, 0.3) is 5.56 Å². The van der Waals surface area contributed by atoms with Gasteiger partial charge in [0.2, 0.25) is 0 Å². The van der Waals surface area contributed by atoms with Crippen molar-refractivity contribution >= 4 is 10.9 Å². The predicted molar refractivity (Wildman–Crippen MR) is 138 cm³/mol. The van der Waals surface area contributed by atoms with E-state index < -0.39 is 0 Å². The summed E-state index contributed by atoms with van der Waals surface area (Å²) in [5, 5.41) is 0.620. The lowest BCUT2D eigenvalue weighted by molar-refractivity contribution is 0.291. The molecule has 0 unspecified atom stereocenters. The highest BCUT2D eigenvalue weighted by Crippen LogP contribution is 2.34. The molecule has 0 aliphatic carbocycles. The fourth-order valence-corrected chi connectivity index (χ4v) is 4.17. The van der Waals surface area contributed by atoms with Crippen LogP contribution in [-0.2, 0) is 12.0 Å². The summed E-state index contributed by atoms with van der Waals surface area (Å²) in [5.74, 6) is 2.35. The van der Waals surface area contributed by atoms with Gasteiger partial charge in [-0.05, 0) is 66.3 Å². The van der Waals surface area contributed by atoms with Gasteiger partial charge in [-0.2, -0.15) is 0 Å². The lowest BCUT2D eigenvalue weighted by Crippen LogP contribution is -2.24. The lowest BCUT2D eigenvalue weighted by atomic mass is 9.85. The first-order valence-corrected chi connectivity index (χ1v) is 11.7. The highest BCUT2D eigenvalue weighted by molar-refractivity contribution is 5.79. The molecule has 34 heavy (non-hydrogen) atoms. The third kappa shape index (κ3) is 4.84. The van der Waals surface area contributed by atoms with Gasteiger partial charge in [0, 0.05) is 12.1 Å². The highest BCUT2D eigenvalue weighted by atomic mass is 16.5. The van der Waals surface area contributed by atoms with Crippen LogP contribution in [0.25, 0.3) is 22.3 Å². The van der Waals surface area contributed by atoms with Crippen molar-refractivity contribution in [1.29, 1.82) is 0 Å². The number of methoxy groups -OCH3 is 1. The van der Waals surface area contributed by atoms with Gasteiger partial charge in [0.1, 0.15) is 17.3 Å². The first-order valence-electron chi connectivity index (χ1n) is 11.7. The zero-order chi connectivity index (χ0) is 24.3. The van der Waals surface area contributed by atoms with E-state index in [2.05, 4.69) is 45.9 Å². The molecule has 0 fully saturated rings. The van der Waals surface area contributed by atoms with Gasteiger partial charge in [-0.3, -0.25) is 9.36 Å². The summed E-state index contributed by atoms with van der Waals surface area (Å²) < 4.78 is 13.3. The number of ether oxygens (including phenoxy) is 2. The Morgan fingerprint density at radius 3 is 2.38 bits per heavy atom. The van der Waals surface area contributed by atoms with Crippen LogP contribution in [0.5, 0.6) is 11.5 Å². The first-order chi connectivity index (χ1) is 16.3. The Bertz CT molecular complexity index is 1350. The third-order valence-corrected chi connectivity index (χ3v) is 6.00. The van der Waals surface area contributed by atoms with Crippen LogP contribution in [0.1, 0.15) is 38.3 Å². The van der Waals surface area contributed by atoms with E-state index in [0.717, 1.165) is 22.6 Å². The van der Waals surface area contributed by atoms with Crippen molar-refractivity contribution in [2.45, 2.75) is 46.1 Å². The van der Waals surface area contributed by atoms with E-state index in [1.165, 1.54) is 5.56 Å². The Morgan fingerprint density at radius 1 is 0.941 bits per heavy atom. The summed E-state index contributed by atoms with van der Waals surface area (Å²) >= 11 is 0. The molecule has 0 atom stereocenters.